The summed E-state index contributed by atoms with van der Waals surface area (Å²) in [5.74, 6) is -1.16. The summed E-state index contributed by atoms with van der Waals surface area (Å²) >= 11 is 0. The zero-order valence-electron chi connectivity index (χ0n) is 15.7. The highest BCUT2D eigenvalue weighted by Crippen LogP contribution is 2.19. The second kappa shape index (κ2) is 10.2. The summed E-state index contributed by atoms with van der Waals surface area (Å²) in [6.07, 6.45) is 0.235. The van der Waals surface area contributed by atoms with E-state index < -0.39 is 5.91 Å². The van der Waals surface area contributed by atoms with Gasteiger partial charge in [-0.3, -0.25) is 9.59 Å². The van der Waals surface area contributed by atoms with Gasteiger partial charge in [-0.25, -0.2) is 0 Å². The zero-order chi connectivity index (χ0) is 21.2. The molecule has 8 heteroatoms. The molecule has 0 spiro atoms. The van der Waals surface area contributed by atoms with Gasteiger partial charge in [0.1, 0.15) is 0 Å². The number of hydrogen-bond acceptors (Lipinski definition) is 2. The van der Waals surface area contributed by atoms with Crippen LogP contribution in [-0.2, 0) is 11.2 Å². The molecule has 148 valence electrons. The summed E-state index contributed by atoms with van der Waals surface area (Å²) in [6.45, 7) is 0. The normalized spacial score (nSPS) is 9.66. The molecule has 0 aromatic heterocycles. The van der Waals surface area contributed by atoms with E-state index in [-0.39, 0.29) is 24.2 Å². The minimum absolute atomic E-state index is 0.194. The molecule has 0 radical (unpaired) electrons. The van der Waals surface area contributed by atoms with Crippen LogP contribution < -0.4 is 22.9 Å². The van der Waals surface area contributed by atoms with Gasteiger partial charge in [-0.2, -0.15) is 9.98 Å². The van der Waals surface area contributed by atoms with Crippen LogP contribution in [0.15, 0.2) is 82.8 Å². The van der Waals surface area contributed by atoms with Crippen LogP contribution in [0.3, 0.4) is 0 Å². The van der Waals surface area contributed by atoms with E-state index >= 15 is 0 Å². The molecule has 0 aliphatic carbocycles. The van der Waals surface area contributed by atoms with Gasteiger partial charge in [0, 0.05) is 5.56 Å². The molecule has 3 aromatic rings. The van der Waals surface area contributed by atoms with E-state index in [0.29, 0.717) is 5.56 Å². The van der Waals surface area contributed by atoms with E-state index in [1.807, 2.05) is 60.7 Å². The van der Waals surface area contributed by atoms with Crippen LogP contribution in [-0.4, -0.2) is 23.7 Å². The fourth-order valence-electron chi connectivity index (χ4n) is 2.54. The molecule has 0 saturated carbocycles. The van der Waals surface area contributed by atoms with Crippen LogP contribution in [0.25, 0.3) is 10.8 Å². The molecule has 3 aromatic carbocycles. The van der Waals surface area contributed by atoms with Crippen LogP contribution >= 0.6 is 0 Å². The maximum atomic E-state index is 11.7. The Bertz CT molecular complexity index is 1050. The Kier molecular flexibility index (Phi) is 7.43. The van der Waals surface area contributed by atoms with E-state index in [2.05, 4.69) is 9.98 Å². The Balaban J connectivity index is 0.000000212. The van der Waals surface area contributed by atoms with Gasteiger partial charge in [-0.15, -0.1) is 0 Å². The number of nitrogens with two attached hydrogens (primary N) is 4. The van der Waals surface area contributed by atoms with Crippen molar-refractivity contribution in [1.29, 1.82) is 0 Å². The second-order valence-electron chi connectivity index (χ2n) is 5.96. The van der Waals surface area contributed by atoms with Gasteiger partial charge in [0.15, 0.2) is 11.9 Å². The number of rotatable bonds is 3. The van der Waals surface area contributed by atoms with E-state index in [9.17, 15) is 9.59 Å². The summed E-state index contributed by atoms with van der Waals surface area (Å²) in [5.41, 5.74) is 21.9. The molecular formula is C21H22N6O2. The molecule has 3 rings (SSSR count). The molecule has 0 bridgehead atoms. The number of amides is 2. The van der Waals surface area contributed by atoms with Gasteiger partial charge in [0.25, 0.3) is 11.8 Å². The third-order valence-corrected chi connectivity index (χ3v) is 3.70. The smallest absolute Gasteiger partial charge is 0.280 e. The lowest BCUT2D eigenvalue weighted by molar-refractivity contribution is -0.117. The molecule has 0 fully saturated rings. The number of aliphatic imine (C=N–C) groups is 2. The van der Waals surface area contributed by atoms with Crippen molar-refractivity contribution in [2.75, 3.05) is 0 Å². The van der Waals surface area contributed by atoms with Gasteiger partial charge < -0.3 is 22.9 Å². The first-order chi connectivity index (χ1) is 13.9. The largest absolute Gasteiger partial charge is 0.370 e. The van der Waals surface area contributed by atoms with Crippen LogP contribution in [0.2, 0.25) is 0 Å². The number of fused-ring (bicyclic) bond motifs is 1. The minimum Gasteiger partial charge on any atom is -0.370 e. The van der Waals surface area contributed by atoms with E-state index in [0.717, 1.165) is 16.3 Å². The first-order valence-electron chi connectivity index (χ1n) is 8.65. The van der Waals surface area contributed by atoms with Crippen LogP contribution in [0.5, 0.6) is 0 Å². The number of nitrogens with zero attached hydrogens (tertiary/aromatic N) is 2. The molecular weight excluding hydrogens is 368 g/mol. The lowest BCUT2D eigenvalue weighted by atomic mass is 10.0. The monoisotopic (exact) mass is 390 g/mol. The first kappa shape index (κ1) is 21.1. The molecule has 29 heavy (non-hydrogen) atoms. The van der Waals surface area contributed by atoms with Gasteiger partial charge in [0.05, 0.1) is 6.42 Å². The molecule has 8 nitrogen and oxygen atoms in total. The zero-order valence-corrected chi connectivity index (χ0v) is 15.7. The third-order valence-electron chi connectivity index (χ3n) is 3.70. The Morgan fingerprint density at radius 2 is 1.28 bits per heavy atom. The van der Waals surface area contributed by atoms with E-state index in [1.54, 1.807) is 12.1 Å². The van der Waals surface area contributed by atoms with Crippen LogP contribution in [0.1, 0.15) is 15.9 Å². The Hall–Kier alpha value is -4.20. The standard InChI is InChI=1S/C12H11N3O.C9H11N3O/c13-12(14)15-11(16)10-7-3-5-8-4-1-2-6-9(8)10;10-9(11)12-8(13)6-7-4-2-1-3-5-7/h1-7H,(H4,13,14,15,16);1-5H,6H2,(H4,10,11,12,13). The fraction of sp³-hybridized carbons (Fsp3) is 0.0476. The maximum Gasteiger partial charge on any atom is 0.280 e. The molecule has 0 unspecified atom stereocenters. The van der Waals surface area contributed by atoms with Crippen molar-refractivity contribution in [2.45, 2.75) is 6.42 Å². The summed E-state index contributed by atoms with van der Waals surface area (Å²) in [6, 6.07) is 22.3. The number of hydrogen-bond donors (Lipinski definition) is 4. The summed E-state index contributed by atoms with van der Waals surface area (Å²) in [5, 5.41) is 1.83. The van der Waals surface area contributed by atoms with Gasteiger partial charge in [-0.05, 0) is 22.4 Å². The van der Waals surface area contributed by atoms with Crippen molar-refractivity contribution >= 4 is 34.5 Å². The van der Waals surface area contributed by atoms with Crippen molar-refractivity contribution in [3.05, 3.63) is 83.9 Å². The molecule has 8 N–H and O–H groups in total. The average molecular weight is 390 g/mol. The molecule has 0 saturated heterocycles. The lowest BCUT2D eigenvalue weighted by Gasteiger charge is -2.02. The summed E-state index contributed by atoms with van der Waals surface area (Å²) < 4.78 is 0. The van der Waals surface area contributed by atoms with Crippen molar-refractivity contribution in [1.82, 2.24) is 0 Å². The second-order valence-corrected chi connectivity index (χ2v) is 5.96. The molecule has 0 aliphatic rings. The quantitative estimate of drug-likeness (QED) is 0.389. The minimum atomic E-state index is -0.420. The Morgan fingerprint density at radius 3 is 1.93 bits per heavy atom. The SMILES string of the molecule is NC(N)=NC(=O)Cc1ccccc1.NC(N)=NC(=O)c1cccc2ccccc12. The van der Waals surface area contributed by atoms with Gasteiger partial charge in [-0.1, -0.05) is 66.7 Å². The topological polar surface area (TPSA) is 163 Å². The highest BCUT2D eigenvalue weighted by Gasteiger charge is 2.08. The number of guanidine groups is 2. The number of benzene rings is 3. The van der Waals surface area contributed by atoms with E-state index in [4.69, 9.17) is 22.9 Å². The first-order valence-corrected chi connectivity index (χ1v) is 8.65. The fourth-order valence-corrected chi connectivity index (χ4v) is 2.54. The predicted molar refractivity (Wildman–Crippen MR) is 115 cm³/mol. The maximum absolute atomic E-state index is 11.7. The van der Waals surface area contributed by atoms with Crippen LogP contribution in [0.4, 0.5) is 0 Å². The highest BCUT2D eigenvalue weighted by atomic mass is 16.1. The summed E-state index contributed by atoms with van der Waals surface area (Å²) in [4.78, 5) is 29.7. The van der Waals surface area contributed by atoms with E-state index in [1.165, 1.54) is 0 Å². The average Bonchev–Trinajstić information content (AvgIpc) is 2.67. The predicted octanol–water partition coefficient (Wildman–Crippen LogP) is 1.28. The van der Waals surface area contributed by atoms with Crippen molar-refractivity contribution in [3.8, 4) is 0 Å². The van der Waals surface area contributed by atoms with Crippen molar-refractivity contribution in [2.24, 2.45) is 32.9 Å². The lowest BCUT2D eigenvalue weighted by Crippen LogP contribution is -2.24. The summed E-state index contributed by atoms with van der Waals surface area (Å²) in [7, 11) is 0. The highest BCUT2D eigenvalue weighted by molar-refractivity contribution is 6.10. The van der Waals surface area contributed by atoms with Gasteiger partial charge in [0.2, 0.25) is 0 Å². The van der Waals surface area contributed by atoms with Crippen LogP contribution in [0, 0.1) is 0 Å². The molecule has 0 atom stereocenters. The van der Waals surface area contributed by atoms with Crippen molar-refractivity contribution < 1.29 is 9.59 Å². The van der Waals surface area contributed by atoms with Gasteiger partial charge >= 0.3 is 0 Å². The Labute approximate surface area is 167 Å². The molecule has 2 amide bonds. The van der Waals surface area contributed by atoms with Crippen molar-refractivity contribution in [3.63, 3.8) is 0 Å². The molecule has 0 heterocycles. The Morgan fingerprint density at radius 1 is 0.690 bits per heavy atom. The number of carbonyl (C=O) groups excluding carboxylic acids is 2. The third kappa shape index (κ3) is 6.79. The molecule has 0 aliphatic heterocycles. The number of carbonyl (C=O) groups is 2.